The molecule has 7 nitrogen and oxygen atoms in total. The highest BCUT2D eigenvalue weighted by Crippen LogP contribution is 2.34. The molecule has 0 unspecified atom stereocenters. The summed E-state index contributed by atoms with van der Waals surface area (Å²) >= 11 is 0. The molecule has 31 heavy (non-hydrogen) atoms. The molecule has 7 heteroatoms. The number of benzene rings is 2. The van der Waals surface area contributed by atoms with Gasteiger partial charge >= 0.3 is 12.1 Å². The van der Waals surface area contributed by atoms with Gasteiger partial charge in [-0.3, -0.25) is 9.80 Å². The number of likely N-dealkylation sites (tertiary alicyclic amines) is 1. The van der Waals surface area contributed by atoms with E-state index in [-0.39, 0.29) is 6.09 Å². The van der Waals surface area contributed by atoms with E-state index in [9.17, 15) is 4.79 Å². The molecule has 0 aliphatic carbocycles. The van der Waals surface area contributed by atoms with Crippen molar-refractivity contribution in [2.75, 3.05) is 19.6 Å². The van der Waals surface area contributed by atoms with Gasteiger partial charge in [0.25, 0.3) is 0 Å². The van der Waals surface area contributed by atoms with Crippen molar-refractivity contribution < 1.29 is 14.3 Å². The van der Waals surface area contributed by atoms with Crippen LogP contribution >= 0.6 is 0 Å². The van der Waals surface area contributed by atoms with E-state index in [1.165, 1.54) is 0 Å². The summed E-state index contributed by atoms with van der Waals surface area (Å²) in [6, 6.07) is 20.1. The van der Waals surface area contributed by atoms with Gasteiger partial charge in [0.15, 0.2) is 0 Å². The van der Waals surface area contributed by atoms with Crippen LogP contribution in [-0.4, -0.2) is 51.1 Å². The van der Waals surface area contributed by atoms with E-state index in [0.717, 1.165) is 37.2 Å². The molecule has 0 bridgehead atoms. The molecule has 0 N–H and O–H groups in total. The van der Waals surface area contributed by atoms with Crippen molar-refractivity contribution in [3.8, 4) is 11.8 Å². The van der Waals surface area contributed by atoms with E-state index in [1.807, 2.05) is 53.4 Å². The van der Waals surface area contributed by atoms with Gasteiger partial charge < -0.3 is 9.47 Å². The first-order valence-electron chi connectivity index (χ1n) is 10.5. The molecule has 1 atom stereocenters. The number of ether oxygens (including phenoxy) is 2. The molecule has 2 fully saturated rings. The molecule has 2 aliphatic heterocycles. The van der Waals surface area contributed by atoms with Gasteiger partial charge in [-0.15, -0.1) is 0 Å². The Morgan fingerprint density at radius 3 is 2.58 bits per heavy atom. The molecule has 2 aromatic carbocycles. The highest BCUT2D eigenvalue weighted by atomic mass is 16.6. The van der Waals surface area contributed by atoms with Crippen molar-refractivity contribution in [3.05, 3.63) is 84.2 Å². The monoisotopic (exact) mass is 416 g/mol. The number of carbonyl (C=O) groups excluding carboxylic acids is 1. The Labute approximate surface area is 181 Å². The van der Waals surface area contributed by atoms with Gasteiger partial charge in [-0.2, -0.15) is 0 Å². The molecule has 1 spiro atoms. The largest absolute Gasteiger partial charge is 0.439 e. The maximum atomic E-state index is 12.5. The Balaban J connectivity index is 1.20. The van der Waals surface area contributed by atoms with Crippen LogP contribution in [0.1, 0.15) is 17.5 Å². The third-order valence-electron chi connectivity index (χ3n) is 5.71. The fraction of sp³-hybridized carbons (Fsp3) is 0.292. The lowest BCUT2D eigenvalue weighted by Crippen LogP contribution is -2.37. The minimum absolute atomic E-state index is 0.219. The van der Waals surface area contributed by atoms with E-state index < -0.39 is 5.60 Å². The first-order chi connectivity index (χ1) is 15.2. The summed E-state index contributed by atoms with van der Waals surface area (Å²) in [6.07, 6.45) is 3.93. The van der Waals surface area contributed by atoms with Gasteiger partial charge in [0.05, 0.1) is 6.54 Å². The van der Waals surface area contributed by atoms with E-state index >= 15 is 0 Å². The Kier molecular flexibility index (Phi) is 5.26. The van der Waals surface area contributed by atoms with Crippen LogP contribution in [0.25, 0.3) is 0 Å². The van der Waals surface area contributed by atoms with Crippen LogP contribution in [0.15, 0.2) is 73.1 Å². The maximum absolute atomic E-state index is 12.5. The number of aromatic nitrogens is 2. The molecule has 5 rings (SSSR count). The van der Waals surface area contributed by atoms with Gasteiger partial charge in [0.1, 0.15) is 11.4 Å². The summed E-state index contributed by atoms with van der Waals surface area (Å²) in [5, 5.41) is 0. The van der Waals surface area contributed by atoms with Crippen molar-refractivity contribution in [3.63, 3.8) is 0 Å². The van der Waals surface area contributed by atoms with Crippen LogP contribution in [0.4, 0.5) is 4.79 Å². The van der Waals surface area contributed by atoms with Crippen molar-refractivity contribution in [2.45, 2.75) is 25.1 Å². The second kappa shape index (κ2) is 8.35. The molecule has 2 aliphatic rings. The number of carbonyl (C=O) groups is 1. The standard InChI is InChI=1S/C24H24N4O3/c29-23-28(16-19-6-2-1-3-7-19)18-24(31-23)10-13-27(17-24)15-20-8-4-9-21(14-20)30-22-25-11-5-12-26-22/h1-9,11-12,14H,10,13,15-18H2/t24-/m0/s1. The zero-order chi connectivity index (χ0) is 21.1. The Bertz CT molecular complexity index is 1050. The minimum atomic E-state index is -0.419. The molecule has 0 radical (unpaired) electrons. The number of hydrogen-bond donors (Lipinski definition) is 0. The summed E-state index contributed by atoms with van der Waals surface area (Å²) in [5.74, 6) is 0.707. The number of rotatable bonds is 6. The molecule has 3 heterocycles. The first kappa shape index (κ1) is 19.5. The number of amides is 1. The summed E-state index contributed by atoms with van der Waals surface area (Å²) in [7, 11) is 0. The maximum Gasteiger partial charge on any atom is 0.410 e. The van der Waals surface area contributed by atoms with Crippen LogP contribution in [0, 0.1) is 0 Å². The number of nitrogens with zero attached hydrogens (tertiary/aromatic N) is 4. The fourth-order valence-corrected chi connectivity index (χ4v) is 4.30. The molecule has 1 aromatic heterocycles. The fourth-order valence-electron chi connectivity index (χ4n) is 4.30. The number of hydrogen-bond acceptors (Lipinski definition) is 6. The minimum Gasteiger partial charge on any atom is -0.439 e. The van der Waals surface area contributed by atoms with Gasteiger partial charge in [-0.05, 0) is 29.3 Å². The van der Waals surface area contributed by atoms with Gasteiger partial charge in [0.2, 0.25) is 0 Å². The quantitative estimate of drug-likeness (QED) is 0.608. The predicted octanol–water partition coefficient (Wildman–Crippen LogP) is 3.87. The van der Waals surface area contributed by atoms with Crippen LogP contribution in [-0.2, 0) is 17.8 Å². The molecule has 158 valence electrons. The molecule has 0 saturated carbocycles. The Hall–Kier alpha value is -3.45. The highest BCUT2D eigenvalue weighted by Gasteiger charge is 2.49. The van der Waals surface area contributed by atoms with Crippen LogP contribution in [0.3, 0.4) is 0 Å². The molecule has 3 aromatic rings. The second-order valence-corrected chi connectivity index (χ2v) is 8.13. The lowest BCUT2D eigenvalue weighted by atomic mass is 10.0. The van der Waals surface area contributed by atoms with Gasteiger partial charge in [-0.1, -0.05) is 42.5 Å². The predicted molar refractivity (Wildman–Crippen MR) is 115 cm³/mol. The highest BCUT2D eigenvalue weighted by molar-refractivity contribution is 5.71. The van der Waals surface area contributed by atoms with Gasteiger partial charge in [-0.25, -0.2) is 14.8 Å². The van der Waals surface area contributed by atoms with Crippen molar-refractivity contribution in [1.82, 2.24) is 19.8 Å². The molecule has 1 amide bonds. The lowest BCUT2D eigenvalue weighted by Gasteiger charge is -2.22. The second-order valence-electron chi connectivity index (χ2n) is 8.13. The third kappa shape index (κ3) is 4.51. The summed E-state index contributed by atoms with van der Waals surface area (Å²) in [6.45, 7) is 3.61. The van der Waals surface area contributed by atoms with E-state index in [1.54, 1.807) is 18.5 Å². The van der Waals surface area contributed by atoms with E-state index in [4.69, 9.17) is 9.47 Å². The Morgan fingerprint density at radius 2 is 1.74 bits per heavy atom. The molecular weight excluding hydrogens is 392 g/mol. The lowest BCUT2D eigenvalue weighted by molar-refractivity contribution is 0.0627. The normalized spacial score (nSPS) is 20.9. The van der Waals surface area contributed by atoms with Crippen molar-refractivity contribution in [2.24, 2.45) is 0 Å². The third-order valence-corrected chi connectivity index (χ3v) is 5.71. The smallest absolute Gasteiger partial charge is 0.410 e. The average Bonchev–Trinajstić information content (AvgIpc) is 3.31. The molecule has 2 saturated heterocycles. The summed E-state index contributed by atoms with van der Waals surface area (Å²) in [5.41, 5.74) is 1.83. The topological polar surface area (TPSA) is 67.8 Å². The molecular formula is C24H24N4O3. The van der Waals surface area contributed by atoms with Crippen molar-refractivity contribution in [1.29, 1.82) is 0 Å². The SMILES string of the molecule is O=C1O[C@]2(CCN(Cc3cccc(Oc4ncccn4)c3)C2)CN1Cc1ccccc1. The zero-order valence-corrected chi connectivity index (χ0v) is 17.2. The van der Waals surface area contributed by atoms with Crippen LogP contribution < -0.4 is 4.74 Å². The summed E-state index contributed by atoms with van der Waals surface area (Å²) < 4.78 is 11.6. The van der Waals surface area contributed by atoms with Gasteiger partial charge in [0, 0.05) is 45.0 Å². The van der Waals surface area contributed by atoms with E-state index in [2.05, 4.69) is 20.9 Å². The first-order valence-corrected chi connectivity index (χ1v) is 10.5. The van der Waals surface area contributed by atoms with Crippen LogP contribution in [0.2, 0.25) is 0 Å². The average molecular weight is 416 g/mol. The van der Waals surface area contributed by atoms with Crippen LogP contribution in [0.5, 0.6) is 11.8 Å². The summed E-state index contributed by atoms with van der Waals surface area (Å²) in [4.78, 5) is 24.8. The van der Waals surface area contributed by atoms with Crippen molar-refractivity contribution >= 4 is 6.09 Å². The Morgan fingerprint density at radius 1 is 0.935 bits per heavy atom. The zero-order valence-electron chi connectivity index (χ0n) is 17.2. The van der Waals surface area contributed by atoms with E-state index in [0.29, 0.717) is 24.8 Å².